The Bertz CT molecular complexity index is 244. The summed E-state index contributed by atoms with van der Waals surface area (Å²) in [6.45, 7) is 1.53. The molecule has 0 bridgehead atoms. The molecule has 1 saturated heterocycles. The monoisotopic (exact) mass is 216 g/mol. The SMILES string of the molecule is CNC(=O)C1COCCN1CC(=O)OC. The Morgan fingerprint density at radius 2 is 2.33 bits per heavy atom. The highest BCUT2D eigenvalue weighted by Crippen LogP contribution is 2.06. The number of amides is 1. The van der Waals surface area contributed by atoms with E-state index in [1.165, 1.54) is 7.11 Å². The minimum absolute atomic E-state index is 0.123. The Kier molecular flexibility index (Phi) is 4.51. The molecule has 0 saturated carbocycles. The van der Waals surface area contributed by atoms with E-state index >= 15 is 0 Å². The summed E-state index contributed by atoms with van der Waals surface area (Å²) in [5.74, 6) is -0.482. The lowest BCUT2D eigenvalue weighted by Crippen LogP contribution is -2.54. The summed E-state index contributed by atoms with van der Waals surface area (Å²) in [7, 11) is 2.89. The molecule has 1 amide bonds. The van der Waals surface area contributed by atoms with E-state index < -0.39 is 6.04 Å². The zero-order valence-electron chi connectivity index (χ0n) is 8.99. The Morgan fingerprint density at radius 3 is 2.93 bits per heavy atom. The van der Waals surface area contributed by atoms with Crippen molar-refractivity contribution in [1.82, 2.24) is 10.2 Å². The van der Waals surface area contributed by atoms with Crippen molar-refractivity contribution in [3.8, 4) is 0 Å². The lowest BCUT2D eigenvalue weighted by Gasteiger charge is -2.33. The number of nitrogens with one attached hydrogen (secondary N) is 1. The molecule has 0 aromatic carbocycles. The van der Waals surface area contributed by atoms with Crippen LogP contribution in [0.15, 0.2) is 0 Å². The van der Waals surface area contributed by atoms with Gasteiger partial charge in [-0.1, -0.05) is 0 Å². The summed E-state index contributed by atoms with van der Waals surface area (Å²) >= 11 is 0. The van der Waals surface area contributed by atoms with Gasteiger partial charge in [-0.3, -0.25) is 14.5 Å². The molecular weight excluding hydrogens is 200 g/mol. The van der Waals surface area contributed by atoms with Gasteiger partial charge >= 0.3 is 5.97 Å². The van der Waals surface area contributed by atoms with Gasteiger partial charge in [-0.05, 0) is 0 Å². The molecule has 1 N–H and O–H groups in total. The third-order valence-corrected chi connectivity index (χ3v) is 2.35. The van der Waals surface area contributed by atoms with Crippen LogP contribution in [-0.4, -0.2) is 63.3 Å². The van der Waals surface area contributed by atoms with E-state index in [9.17, 15) is 9.59 Å². The average molecular weight is 216 g/mol. The summed E-state index contributed by atoms with van der Waals surface area (Å²) in [6, 6.07) is -0.400. The van der Waals surface area contributed by atoms with Gasteiger partial charge in [0.1, 0.15) is 6.04 Å². The van der Waals surface area contributed by atoms with E-state index in [4.69, 9.17) is 4.74 Å². The number of carbonyl (C=O) groups excluding carboxylic acids is 2. The second kappa shape index (κ2) is 5.67. The van der Waals surface area contributed by atoms with Gasteiger partial charge in [-0.25, -0.2) is 0 Å². The van der Waals surface area contributed by atoms with Crippen LogP contribution in [0, 0.1) is 0 Å². The molecule has 0 spiro atoms. The molecule has 0 aromatic rings. The Hall–Kier alpha value is -1.14. The normalized spacial score (nSPS) is 22.1. The highest BCUT2D eigenvalue weighted by molar-refractivity contribution is 5.82. The standard InChI is InChI=1S/C9H16N2O4/c1-10-9(13)7-6-15-4-3-11(7)5-8(12)14-2/h7H,3-6H2,1-2H3,(H,10,13). The Labute approximate surface area is 88.5 Å². The van der Waals surface area contributed by atoms with Gasteiger partial charge in [0.05, 0.1) is 26.9 Å². The van der Waals surface area contributed by atoms with Crippen molar-refractivity contribution in [2.24, 2.45) is 0 Å². The maximum absolute atomic E-state index is 11.5. The number of rotatable bonds is 3. The van der Waals surface area contributed by atoms with E-state index in [0.29, 0.717) is 19.8 Å². The van der Waals surface area contributed by atoms with Crippen LogP contribution in [0.25, 0.3) is 0 Å². The summed E-state index contributed by atoms with van der Waals surface area (Å²) in [4.78, 5) is 24.3. The van der Waals surface area contributed by atoms with Gasteiger partial charge in [0, 0.05) is 13.6 Å². The van der Waals surface area contributed by atoms with Crippen molar-refractivity contribution in [3.63, 3.8) is 0 Å². The second-order valence-corrected chi connectivity index (χ2v) is 3.25. The number of esters is 1. The smallest absolute Gasteiger partial charge is 0.319 e. The number of hydrogen-bond donors (Lipinski definition) is 1. The third kappa shape index (κ3) is 3.17. The second-order valence-electron chi connectivity index (χ2n) is 3.25. The number of methoxy groups -OCH3 is 1. The minimum Gasteiger partial charge on any atom is -0.468 e. The first-order valence-corrected chi connectivity index (χ1v) is 4.79. The maximum atomic E-state index is 11.5. The minimum atomic E-state index is -0.400. The molecule has 0 aliphatic carbocycles. The summed E-state index contributed by atoms with van der Waals surface area (Å²) in [5.41, 5.74) is 0. The van der Waals surface area contributed by atoms with Crippen LogP contribution in [0.2, 0.25) is 0 Å². The number of morpholine rings is 1. The first-order chi connectivity index (χ1) is 7.19. The van der Waals surface area contributed by atoms with Gasteiger partial charge in [0.2, 0.25) is 5.91 Å². The predicted octanol–water partition coefficient (Wildman–Crippen LogP) is -1.39. The predicted molar refractivity (Wildman–Crippen MR) is 52.3 cm³/mol. The van der Waals surface area contributed by atoms with Crippen molar-refractivity contribution in [2.45, 2.75) is 6.04 Å². The molecule has 0 aromatic heterocycles. The topological polar surface area (TPSA) is 67.9 Å². The number of likely N-dealkylation sites (N-methyl/N-ethyl adjacent to an activating group) is 1. The highest BCUT2D eigenvalue weighted by Gasteiger charge is 2.30. The van der Waals surface area contributed by atoms with Crippen LogP contribution < -0.4 is 5.32 Å². The fourth-order valence-electron chi connectivity index (χ4n) is 1.47. The molecule has 1 atom stereocenters. The van der Waals surface area contributed by atoms with Crippen molar-refractivity contribution >= 4 is 11.9 Å². The van der Waals surface area contributed by atoms with Gasteiger partial charge in [0.25, 0.3) is 0 Å². The zero-order chi connectivity index (χ0) is 11.3. The van der Waals surface area contributed by atoms with Crippen molar-refractivity contribution < 1.29 is 19.1 Å². The summed E-state index contributed by atoms with van der Waals surface area (Å²) in [6.07, 6.45) is 0. The number of carbonyl (C=O) groups is 2. The molecule has 1 fully saturated rings. The van der Waals surface area contributed by atoms with Crippen molar-refractivity contribution in [3.05, 3.63) is 0 Å². The van der Waals surface area contributed by atoms with E-state index in [1.54, 1.807) is 11.9 Å². The van der Waals surface area contributed by atoms with Crippen LogP contribution in [0.1, 0.15) is 0 Å². The number of hydrogen-bond acceptors (Lipinski definition) is 5. The van der Waals surface area contributed by atoms with Crippen LogP contribution in [-0.2, 0) is 19.1 Å². The fraction of sp³-hybridized carbons (Fsp3) is 0.778. The molecule has 86 valence electrons. The van der Waals surface area contributed by atoms with Crippen molar-refractivity contribution in [1.29, 1.82) is 0 Å². The largest absolute Gasteiger partial charge is 0.468 e. The van der Waals surface area contributed by atoms with Crippen LogP contribution >= 0.6 is 0 Å². The molecule has 6 nitrogen and oxygen atoms in total. The van der Waals surface area contributed by atoms with Crippen molar-refractivity contribution in [2.75, 3.05) is 40.5 Å². The molecule has 1 heterocycles. The quantitative estimate of drug-likeness (QED) is 0.588. The average Bonchev–Trinajstić information content (AvgIpc) is 2.28. The van der Waals surface area contributed by atoms with E-state index in [-0.39, 0.29) is 18.4 Å². The lowest BCUT2D eigenvalue weighted by atomic mass is 10.2. The molecule has 1 unspecified atom stereocenters. The first kappa shape index (κ1) is 11.9. The highest BCUT2D eigenvalue weighted by atomic mass is 16.5. The molecular formula is C9H16N2O4. The van der Waals surface area contributed by atoms with Crippen LogP contribution in [0.5, 0.6) is 0 Å². The van der Waals surface area contributed by atoms with Gasteiger partial charge in [0.15, 0.2) is 0 Å². The molecule has 15 heavy (non-hydrogen) atoms. The summed E-state index contributed by atoms with van der Waals surface area (Å²) in [5, 5.41) is 2.54. The van der Waals surface area contributed by atoms with E-state index in [0.717, 1.165) is 0 Å². The molecule has 1 aliphatic heterocycles. The molecule has 6 heteroatoms. The first-order valence-electron chi connectivity index (χ1n) is 4.79. The molecule has 1 rings (SSSR count). The Morgan fingerprint density at radius 1 is 1.60 bits per heavy atom. The third-order valence-electron chi connectivity index (χ3n) is 2.35. The van der Waals surface area contributed by atoms with Gasteiger partial charge in [-0.2, -0.15) is 0 Å². The number of ether oxygens (including phenoxy) is 2. The van der Waals surface area contributed by atoms with Gasteiger partial charge < -0.3 is 14.8 Å². The maximum Gasteiger partial charge on any atom is 0.319 e. The van der Waals surface area contributed by atoms with E-state index in [2.05, 4.69) is 10.1 Å². The Balaban J connectivity index is 2.57. The fourth-order valence-corrected chi connectivity index (χ4v) is 1.47. The zero-order valence-corrected chi connectivity index (χ0v) is 8.99. The molecule has 0 radical (unpaired) electrons. The lowest BCUT2D eigenvalue weighted by molar-refractivity contribution is -0.146. The summed E-state index contributed by atoms with van der Waals surface area (Å²) < 4.78 is 9.76. The van der Waals surface area contributed by atoms with Gasteiger partial charge in [-0.15, -0.1) is 0 Å². The van der Waals surface area contributed by atoms with Crippen LogP contribution in [0.4, 0.5) is 0 Å². The van der Waals surface area contributed by atoms with E-state index in [1.807, 2.05) is 0 Å². The van der Waals surface area contributed by atoms with Crippen LogP contribution in [0.3, 0.4) is 0 Å². The number of nitrogens with zero attached hydrogens (tertiary/aromatic N) is 1. The molecule has 1 aliphatic rings.